The number of pyridine rings is 1. The summed E-state index contributed by atoms with van der Waals surface area (Å²) in [7, 11) is 0. The fourth-order valence-electron chi connectivity index (χ4n) is 8.48. The lowest BCUT2D eigenvalue weighted by atomic mass is 9.91. The molecule has 11 rings (SSSR count). The largest absolute Gasteiger partial charge is 0.309 e. The third kappa shape index (κ3) is 4.14. The van der Waals surface area contributed by atoms with Gasteiger partial charge in [-0.3, -0.25) is 0 Å². The van der Waals surface area contributed by atoms with Crippen LogP contribution in [-0.4, -0.2) is 9.55 Å². The lowest BCUT2D eigenvalue weighted by Gasteiger charge is -2.15. The van der Waals surface area contributed by atoms with Crippen molar-refractivity contribution in [1.29, 1.82) is 0 Å². The van der Waals surface area contributed by atoms with E-state index in [0.717, 1.165) is 27.8 Å². The Kier molecular flexibility index (Phi) is 5.99. The summed E-state index contributed by atoms with van der Waals surface area (Å²) in [4.78, 5) is 5.48. The molecule has 0 spiro atoms. The molecule has 11 aromatic rings. The predicted molar refractivity (Wildman–Crippen MR) is 217 cm³/mol. The minimum absolute atomic E-state index is 0.994. The Balaban J connectivity index is 1.21. The number of hydrogen-bond donors (Lipinski definition) is 0. The zero-order valence-corrected chi connectivity index (χ0v) is 27.7. The van der Waals surface area contributed by atoms with E-state index in [2.05, 4.69) is 187 Å². The van der Waals surface area contributed by atoms with Gasteiger partial charge in [-0.05, 0) is 85.2 Å². The number of para-hydroxylation sites is 3. The standard InChI is InChI=1S/C49H30N2/c1-2-15-34(16-3-1)51-46-24-11-9-22-41(46)43-28-27-42-40-21-8-10-23-45(40)50-48(47(42)49(43)51)33-14-12-13-31(29-33)32-25-26-39-37-19-5-4-17-35(37)36-18-6-7-20-38(36)44(39)30-32/h1-30H. The number of hydrogen-bond acceptors (Lipinski definition) is 1. The second-order valence-electron chi connectivity index (χ2n) is 13.5. The predicted octanol–water partition coefficient (Wildman–Crippen LogP) is 13.3. The van der Waals surface area contributed by atoms with Crippen LogP contribution in [0.15, 0.2) is 182 Å². The molecule has 0 radical (unpaired) electrons. The van der Waals surface area contributed by atoms with Crippen LogP contribution in [0.1, 0.15) is 0 Å². The average Bonchev–Trinajstić information content (AvgIpc) is 3.55. The van der Waals surface area contributed by atoms with E-state index in [9.17, 15) is 0 Å². The Labute approximate surface area is 294 Å². The van der Waals surface area contributed by atoms with Crippen LogP contribution in [0.3, 0.4) is 0 Å². The van der Waals surface area contributed by atoms with E-state index in [1.807, 2.05) is 0 Å². The van der Waals surface area contributed by atoms with Crippen LogP contribution in [0.2, 0.25) is 0 Å². The molecule has 0 aliphatic heterocycles. The number of rotatable bonds is 3. The molecule has 51 heavy (non-hydrogen) atoms. The molecule has 0 amide bonds. The lowest BCUT2D eigenvalue weighted by molar-refractivity contribution is 1.19. The molecule has 0 fully saturated rings. The molecule has 2 heterocycles. The number of fused-ring (bicyclic) bond motifs is 13. The SMILES string of the molecule is c1ccc(-n2c3ccccc3c3ccc4c5ccccc5nc(-c5cccc(-c6ccc7c8ccccc8c8ccccc8c7c6)c5)c4c32)cc1. The van der Waals surface area contributed by atoms with Crippen LogP contribution in [-0.2, 0) is 0 Å². The molecule has 236 valence electrons. The highest BCUT2D eigenvalue weighted by atomic mass is 15.0. The summed E-state index contributed by atoms with van der Waals surface area (Å²) in [5.41, 5.74) is 8.97. The molecular formula is C49H30N2. The van der Waals surface area contributed by atoms with Crippen molar-refractivity contribution >= 4 is 75.8 Å². The Morgan fingerprint density at radius 3 is 1.65 bits per heavy atom. The Morgan fingerprint density at radius 1 is 0.333 bits per heavy atom. The van der Waals surface area contributed by atoms with E-state index < -0.39 is 0 Å². The average molecular weight is 647 g/mol. The zero-order chi connectivity index (χ0) is 33.5. The monoisotopic (exact) mass is 646 g/mol. The highest BCUT2D eigenvalue weighted by molar-refractivity contribution is 6.27. The van der Waals surface area contributed by atoms with Crippen molar-refractivity contribution in [3.8, 4) is 28.1 Å². The number of benzene rings is 9. The van der Waals surface area contributed by atoms with E-state index in [4.69, 9.17) is 4.98 Å². The van der Waals surface area contributed by atoms with E-state index in [1.165, 1.54) is 76.0 Å². The highest BCUT2D eigenvalue weighted by Crippen LogP contribution is 2.43. The van der Waals surface area contributed by atoms with Crippen molar-refractivity contribution in [2.75, 3.05) is 0 Å². The Hall–Kier alpha value is -6.77. The molecule has 2 aromatic heterocycles. The van der Waals surface area contributed by atoms with Crippen LogP contribution in [0, 0.1) is 0 Å². The first-order chi connectivity index (χ1) is 25.3. The smallest absolute Gasteiger partial charge is 0.0809 e. The molecule has 0 atom stereocenters. The van der Waals surface area contributed by atoms with Gasteiger partial charge in [-0.1, -0.05) is 146 Å². The van der Waals surface area contributed by atoms with Crippen molar-refractivity contribution < 1.29 is 0 Å². The zero-order valence-electron chi connectivity index (χ0n) is 27.7. The third-order valence-electron chi connectivity index (χ3n) is 10.7. The molecule has 9 aromatic carbocycles. The van der Waals surface area contributed by atoms with Gasteiger partial charge in [-0.25, -0.2) is 4.98 Å². The van der Waals surface area contributed by atoms with Gasteiger partial charge in [-0.2, -0.15) is 0 Å². The van der Waals surface area contributed by atoms with Crippen LogP contribution < -0.4 is 0 Å². The van der Waals surface area contributed by atoms with Crippen molar-refractivity contribution in [2.45, 2.75) is 0 Å². The minimum Gasteiger partial charge on any atom is -0.309 e. The fraction of sp³-hybridized carbons (Fsp3) is 0. The van der Waals surface area contributed by atoms with Crippen LogP contribution in [0.5, 0.6) is 0 Å². The topological polar surface area (TPSA) is 17.8 Å². The van der Waals surface area contributed by atoms with E-state index in [-0.39, 0.29) is 0 Å². The summed E-state index contributed by atoms with van der Waals surface area (Å²) in [5.74, 6) is 0. The molecule has 0 N–H and O–H groups in total. The van der Waals surface area contributed by atoms with Gasteiger partial charge in [0.1, 0.15) is 0 Å². The summed E-state index contributed by atoms with van der Waals surface area (Å²) < 4.78 is 2.43. The molecule has 0 bridgehead atoms. The first-order valence-electron chi connectivity index (χ1n) is 17.6. The molecule has 0 aliphatic carbocycles. The second kappa shape index (κ2) is 10.9. The lowest BCUT2D eigenvalue weighted by Crippen LogP contribution is -1.97. The third-order valence-corrected chi connectivity index (χ3v) is 10.7. The summed E-state index contributed by atoms with van der Waals surface area (Å²) in [6.45, 7) is 0. The van der Waals surface area contributed by atoms with Gasteiger partial charge in [0.05, 0.1) is 22.2 Å². The molecule has 2 nitrogen and oxygen atoms in total. The normalized spacial score (nSPS) is 11.9. The van der Waals surface area contributed by atoms with Gasteiger partial charge >= 0.3 is 0 Å². The maximum atomic E-state index is 5.48. The maximum Gasteiger partial charge on any atom is 0.0809 e. The van der Waals surface area contributed by atoms with Crippen molar-refractivity contribution in [1.82, 2.24) is 9.55 Å². The molecule has 0 saturated heterocycles. The Bertz CT molecular complexity index is 3150. The van der Waals surface area contributed by atoms with Crippen molar-refractivity contribution in [2.24, 2.45) is 0 Å². The van der Waals surface area contributed by atoms with E-state index >= 15 is 0 Å². The first-order valence-corrected chi connectivity index (χ1v) is 17.6. The van der Waals surface area contributed by atoms with Gasteiger partial charge in [0.25, 0.3) is 0 Å². The van der Waals surface area contributed by atoms with E-state index in [1.54, 1.807) is 0 Å². The van der Waals surface area contributed by atoms with Gasteiger partial charge in [0, 0.05) is 32.8 Å². The highest BCUT2D eigenvalue weighted by Gasteiger charge is 2.20. The van der Waals surface area contributed by atoms with Crippen LogP contribution in [0.4, 0.5) is 0 Å². The Morgan fingerprint density at radius 2 is 0.882 bits per heavy atom. The molecule has 2 heteroatoms. The molecule has 0 saturated carbocycles. The second-order valence-corrected chi connectivity index (χ2v) is 13.5. The summed E-state index contributed by atoms with van der Waals surface area (Å²) in [6.07, 6.45) is 0. The summed E-state index contributed by atoms with van der Waals surface area (Å²) in [6, 6.07) is 66.1. The van der Waals surface area contributed by atoms with Gasteiger partial charge in [0.15, 0.2) is 0 Å². The minimum atomic E-state index is 0.994. The van der Waals surface area contributed by atoms with Gasteiger partial charge in [0.2, 0.25) is 0 Å². The van der Waals surface area contributed by atoms with Crippen LogP contribution >= 0.6 is 0 Å². The summed E-state index contributed by atoms with van der Waals surface area (Å²) in [5, 5.41) is 13.7. The van der Waals surface area contributed by atoms with Crippen LogP contribution in [0.25, 0.3) is 104 Å². The number of aromatic nitrogens is 2. The first kappa shape index (κ1) is 28.1. The quantitative estimate of drug-likeness (QED) is 0.175. The number of nitrogens with zero attached hydrogens (tertiary/aromatic N) is 2. The van der Waals surface area contributed by atoms with E-state index in [0.29, 0.717) is 0 Å². The van der Waals surface area contributed by atoms with Crippen molar-refractivity contribution in [3.05, 3.63) is 182 Å². The van der Waals surface area contributed by atoms with Gasteiger partial charge < -0.3 is 4.57 Å². The molecule has 0 aliphatic rings. The summed E-state index contributed by atoms with van der Waals surface area (Å²) >= 11 is 0. The molecular weight excluding hydrogens is 617 g/mol. The van der Waals surface area contributed by atoms with Gasteiger partial charge in [-0.15, -0.1) is 0 Å². The van der Waals surface area contributed by atoms with Crippen molar-refractivity contribution in [3.63, 3.8) is 0 Å². The fourth-order valence-corrected chi connectivity index (χ4v) is 8.48. The maximum absolute atomic E-state index is 5.48. The molecule has 0 unspecified atom stereocenters.